The zero-order valence-corrected chi connectivity index (χ0v) is 17.7. The molecule has 0 atom stereocenters. The van der Waals surface area contributed by atoms with E-state index in [4.69, 9.17) is 11.6 Å². The van der Waals surface area contributed by atoms with Crippen molar-refractivity contribution in [2.75, 3.05) is 29.9 Å². The van der Waals surface area contributed by atoms with E-state index in [2.05, 4.69) is 24.5 Å². The Morgan fingerprint density at radius 1 is 1.07 bits per heavy atom. The number of carbonyl (C=O) groups is 1. The van der Waals surface area contributed by atoms with Gasteiger partial charge in [0.2, 0.25) is 6.41 Å². The largest absolute Gasteiger partial charge is 0.401 e. The van der Waals surface area contributed by atoms with Crippen LogP contribution in [0, 0.1) is 5.92 Å². The molecule has 7 heteroatoms. The van der Waals surface area contributed by atoms with E-state index in [9.17, 15) is 9.18 Å². The van der Waals surface area contributed by atoms with Crippen molar-refractivity contribution in [2.45, 2.75) is 26.7 Å². The number of para-hydroxylation sites is 1. The van der Waals surface area contributed by atoms with Gasteiger partial charge in [0.25, 0.3) is 0 Å². The molecule has 0 aliphatic rings. The lowest BCUT2D eigenvalue weighted by molar-refractivity contribution is -0.105. The number of amides is 1. The van der Waals surface area contributed by atoms with Gasteiger partial charge >= 0.3 is 0 Å². The van der Waals surface area contributed by atoms with Gasteiger partial charge in [-0.15, -0.1) is 0 Å². The lowest BCUT2D eigenvalue weighted by Gasteiger charge is -2.16. The molecule has 2 aromatic carbocycles. The molecular weight excluding hydrogens is 369 g/mol. The molecule has 0 heterocycles. The standard InChI is InChI=1S/C14H24N4.C7H7NO.CH3F/c1-11(2)4-5-12(15)10-18(16)14-8-6-13(17-3)7-9-14;9-6-8-7-4-2-1-3-5-7;1-2/h6-11,17H,4-5,15-16H2,1-3H3;1-6H,(H,8,9);1H3/b12-10-;;. The van der Waals surface area contributed by atoms with Crippen molar-refractivity contribution in [3.8, 4) is 0 Å². The Bertz CT molecular complexity index is 690. The number of nitrogens with one attached hydrogen (secondary N) is 2. The maximum atomic E-state index is 9.86. The summed E-state index contributed by atoms with van der Waals surface area (Å²) in [5.74, 6) is 6.60. The van der Waals surface area contributed by atoms with E-state index in [1.165, 1.54) is 0 Å². The van der Waals surface area contributed by atoms with E-state index in [0.717, 1.165) is 35.6 Å². The summed E-state index contributed by atoms with van der Waals surface area (Å²) in [6.07, 6.45) is 4.40. The topological polar surface area (TPSA) is 96.4 Å². The van der Waals surface area contributed by atoms with Crippen LogP contribution < -0.4 is 27.2 Å². The molecule has 0 aromatic heterocycles. The number of alkyl halides is 1. The van der Waals surface area contributed by atoms with Crippen LogP contribution in [0.5, 0.6) is 0 Å². The van der Waals surface area contributed by atoms with Gasteiger partial charge in [0, 0.05) is 30.3 Å². The number of nitrogens with two attached hydrogens (primary N) is 2. The minimum absolute atomic E-state index is 0.500. The Hall–Kier alpha value is -3.06. The van der Waals surface area contributed by atoms with E-state index in [1.807, 2.05) is 61.6 Å². The molecule has 0 bridgehead atoms. The monoisotopic (exact) mass is 403 g/mol. The molecule has 6 N–H and O–H groups in total. The molecule has 160 valence electrons. The minimum Gasteiger partial charge on any atom is -0.401 e. The van der Waals surface area contributed by atoms with E-state index in [0.29, 0.717) is 19.5 Å². The average Bonchev–Trinajstić information content (AvgIpc) is 2.75. The van der Waals surface area contributed by atoms with E-state index in [-0.39, 0.29) is 0 Å². The van der Waals surface area contributed by atoms with Gasteiger partial charge in [-0.1, -0.05) is 32.0 Å². The molecule has 0 saturated carbocycles. The Morgan fingerprint density at radius 2 is 1.66 bits per heavy atom. The Morgan fingerprint density at radius 3 is 2.14 bits per heavy atom. The number of carbonyl (C=O) groups excluding carboxylic acids is 1. The van der Waals surface area contributed by atoms with Crippen LogP contribution in [0.2, 0.25) is 0 Å². The highest BCUT2D eigenvalue weighted by molar-refractivity contribution is 5.70. The summed E-state index contributed by atoms with van der Waals surface area (Å²) < 4.78 is 9.50. The molecule has 0 radical (unpaired) electrons. The van der Waals surface area contributed by atoms with Crippen molar-refractivity contribution < 1.29 is 9.18 Å². The molecule has 0 spiro atoms. The quantitative estimate of drug-likeness (QED) is 0.296. The van der Waals surface area contributed by atoms with Gasteiger partial charge in [0.05, 0.1) is 12.9 Å². The zero-order valence-electron chi connectivity index (χ0n) is 17.7. The van der Waals surface area contributed by atoms with Crippen molar-refractivity contribution in [3.05, 3.63) is 66.5 Å². The van der Waals surface area contributed by atoms with Crippen LogP contribution in [0.25, 0.3) is 0 Å². The molecule has 0 saturated heterocycles. The molecule has 1 amide bonds. The summed E-state index contributed by atoms with van der Waals surface area (Å²) in [6.45, 7) is 4.37. The molecule has 2 aromatic rings. The number of nitrogens with zero attached hydrogens (tertiary/aromatic N) is 1. The summed E-state index contributed by atoms with van der Waals surface area (Å²) in [4.78, 5) is 9.86. The predicted molar refractivity (Wildman–Crippen MR) is 122 cm³/mol. The Labute approximate surface area is 173 Å². The third-order valence-electron chi connectivity index (χ3n) is 3.77. The van der Waals surface area contributed by atoms with E-state index in [1.54, 1.807) is 11.2 Å². The van der Waals surface area contributed by atoms with Crippen LogP contribution in [0.3, 0.4) is 0 Å². The van der Waals surface area contributed by atoms with Crippen LogP contribution in [0.4, 0.5) is 21.5 Å². The van der Waals surface area contributed by atoms with Crippen molar-refractivity contribution in [2.24, 2.45) is 17.5 Å². The second-order valence-corrected chi connectivity index (χ2v) is 6.47. The summed E-state index contributed by atoms with van der Waals surface area (Å²) in [6, 6.07) is 17.2. The molecule has 0 fully saturated rings. The van der Waals surface area contributed by atoms with Crippen molar-refractivity contribution >= 4 is 23.5 Å². The average molecular weight is 404 g/mol. The SMILES string of the molecule is CF.CNc1ccc(N(N)/C=C(\N)CCC(C)C)cc1.O=CNc1ccccc1. The number of allylic oxidation sites excluding steroid dienone is 1. The number of hydrazine groups is 1. The predicted octanol–water partition coefficient (Wildman–Crippen LogP) is 4.49. The summed E-state index contributed by atoms with van der Waals surface area (Å²) >= 11 is 0. The highest BCUT2D eigenvalue weighted by atomic mass is 19.1. The first-order valence-corrected chi connectivity index (χ1v) is 9.37. The van der Waals surface area contributed by atoms with Crippen LogP contribution in [-0.2, 0) is 4.79 Å². The number of anilines is 3. The summed E-state index contributed by atoms with van der Waals surface area (Å²) in [5.41, 5.74) is 9.56. The van der Waals surface area contributed by atoms with Crippen LogP contribution in [-0.4, -0.2) is 20.6 Å². The number of hydrogen-bond acceptors (Lipinski definition) is 5. The third kappa shape index (κ3) is 12.1. The Balaban J connectivity index is 0.000000595. The number of benzene rings is 2. The maximum absolute atomic E-state index is 9.86. The highest BCUT2D eigenvalue weighted by Gasteiger charge is 2.01. The molecule has 6 nitrogen and oxygen atoms in total. The lowest BCUT2D eigenvalue weighted by Crippen LogP contribution is -2.26. The van der Waals surface area contributed by atoms with Crippen LogP contribution in [0.15, 0.2) is 66.5 Å². The second kappa shape index (κ2) is 15.9. The fourth-order valence-corrected chi connectivity index (χ4v) is 2.18. The van der Waals surface area contributed by atoms with E-state index < -0.39 is 0 Å². The van der Waals surface area contributed by atoms with Crippen LogP contribution in [0.1, 0.15) is 26.7 Å². The number of rotatable bonds is 8. The van der Waals surface area contributed by atoms with Gasteiger partial charge in [0.1, 0.15) is 0 Å². The van der Waals surface area contributed by atoms with Gasteiger partial charge in [-0.25, -0.2) is 5.84 Å². The highest BCUT2D eigenvalue weighted by Crippen LogP contribution is 2.16. The van der Waals surface area contributed by atoms with Gasteiger partial charge in [0.15, 0.2) is 0 Å². The van der Waals surface area contributed by atoms with Crippen molar-refractivity contribution in [1.82, 2.24) is 0 Å². The van der Waals surface area contributed by atoms with Crippen molar-refractivity contribution in [1.29, 1.82) is 0 Å². The lowest BCUT2D eigenvalue weighted by atomic mass is 10.1. The number of halogens is 1. The zero-order chi connectivity index (χ0) is 22.1. The number of hydrogen-bond donors (Lipinski definition) is 4. The molecular formula is C22H34FN5O. The van der Waals surface area contributed by atoms with Gasteiger partial charge in [-0.2, -0.15) is 0 Å². The van der Waals surface area contributed by atoms with Gasteiger partial charge in [-0.3, -0.25) is 14.2 Å². The van der Waals surface area contributed by atoms with Crippen molar-refractivity contribution in [3.63, 3.8) is 0 Å². The first-order chi connectivity index (χ1) is 14.0. The van der Waals surface area contributed by atoms with Crippen LogP contribution >= 0.6 is 0 Å². The fraction of sp³-hybridized carbons (Fsp3) is 0.318. The molecule has 29 heavy (non-hydrogen) atoms. The van der Waals surface area contributed by atoms with Gasteiger partial charge in [-0.05, 0) is 55.2 Å². The summed E-state index contributed by atoms with van der Waals surface area (Å²) in [5, 5.41) is 7.16. The smallest absolute Gasteiger partial charge is 0.211 e. The third-order valence-corrected chi connectivity index (χ3v) is 3.77. The second-order valence-electron chi connectivity index (χ2n) is 6.47. The minimum atomic E-state index is 0.500. The maximum Gasteiger partial charge on any atom is 0.211 e. The molecule has 2 rings (SSSR count). The normalized spacial score (nSPS) is 10.1. The Kier molecular flexibility index (Phi) is 14.3. The molecule has 0 aliphatic heterocycles. The molecule has 0 unspecified atom stereocenters. The van der Waals surface area contributed by atoms with E-state index >= 15 is 0 Å². The first-order valence-electron chi connectivity index (χ1n) is 9.37. The first kappa shape index (κ1) is 25.9. The molecule has 0 aliphatic carbocycles. The fourth-order valence-electron chi connectivity index (χ4n) is 2.18. The summed E-state index contributed by atoms with van der Waals surface area (Å²) in [7, 11) is 2.39. The van der Waals surface area contributed by atoms with Gasteiger partial charge < -0.3 is 16.4 Å².